The topological polar surface area (TPSA) is 118 Å². The summed E-state index contributed by atoms with van der Waals surface area (Å²) in [6.07, 6.45) is 1.27. The van der Waals surface area contributed by atoms with Gasteiger partial charge in [-0.15, -0.1) is 11.3 Å². The Kier molecular flexibility index (Phi) is 7.45. The lowest BCUT2D eigenvalue weighted by Gasteiger charge is -2.22. The Morgan fingerprint density at radius 1 is 1.05 bits per heavy atom. The Labute approximate surface area is 265 Å². The molecule has 1 fully saturated rings. The summed E-state index contributed by atoms with van der Waals surface area (Å²) < 4.78 is 7.37. The van der Waals surface area contributed by atoms with Crippen LogP contribution in [-0.2, 0) is 18.4 Å². The number of aryl methyl sites for hydroxylation is 1. The van der Waals surface area contributed by atoms with Gasteiger partial charge in [0.05, 0.1) is 43.7 Å². The van der Waals surface area contributed by atoms with Crippen LogP contribution < -0.4 is 10.9 Å². The fourth-order valence-electron chi connectivity index (χ4n) is 5.49. The smallest absolute Gasteiger partial charge is 0.410 e. The van der Waals surface area contributed by atoms with Gasteiger partial charge in [0.25, 0.3) is 5.56 Å². The van der Waals surface area contributed by atoms with Crippen LogP contribution in [0.4, 0.5) is 16.4 Å². The van der Waals surface area contributed by atoms with E-state index in [1.54, 1.807) is 40.8 Å². The van der Waals surface area contributed by atoms with Gasteiger partial charge in [-0.2, -0.15) is 0 Å². The zero-order chi connectivity index (χ0) is 30.4. The van der Waals surface area contributed by atoms with Crippen LogP contribution in [0.25, 0.3) is 33.5 Å². The van der Waals surface area contributed by atoms with Crippen LogP contribution in [-0.4, -0.2) is 42.0 Å². The molecule has 0 aliphatic carbocycles. The predicted octanol–water partition coefficient (Wildman–Crippen LogP) is 7.46. The summed E-state index contributed by atoms with van der Waals surface area (Å²) >= 11 is 14.1. The van der Waals surface area contributed by atoms with Crippen molar-refractivity contribution in [1.82, 2.24) is 29.4 Å². The number of carbonyl (C=O) groups is 1. The molecule has 222 valence electrons. The minimum atomic E-state index is -0.365. The minimum absolute atomic E-state index is 0.198. The number of carbonyl (C=O) groups excluding carboxylic acids is 1. The summed E-state index contributed by atoms with van der Waals surface area (Å²) in [6.45, 7) is 0.808. The number of para-hydroxylation sites is 1. The van der Waals surface area contributed by atoms with Crippen LogP contribution in [0.1, 0.15) is 29.5 Å². The SMILES string of the molecule is Cn1c(Nc2c(Cl)cccc2Cl)nc2ccc3nc(-c4csc([C@H]5CCCN5C(=O)OCc5ccccc5)n4)[nH]c(=O)c3c21. The van der Waals surface area contributed by atoms with Gasteiger partial charge in [-0.25, -0.2) is 19.7 Å². The van der Waals surface area contributed by atoms with Gasteiger partial charge >= 0.3 is 6.09 Å². The number of thiazole rings is 1. The first-order valence-corrected chi connectivity index (χ1v) is 15.5. The first-order valence-electron chi connectivity index (χ1n) is 13.9. The second-order valence-corrected chi connectivity index (χ2v) is 12.1. The number of aromatic nitrogens is 5. The summed E-state index contributed by atoms with van der Waals surface area (Å²) in [6, 6.07) is 18.2. The highest BCUT2D eigenvalue weighted by Gasteiger charge is 2.33. The number of ether oxygens (including phenoxy) is 1. The monoisotopic (exact) mass is 645 g/mol. The number of rotatable bonds is 6. The van der Waals surface area contributed by atoms with Crippen LogP contribution in [0.3, 0.4) is 0 Å². The van der Waals surface area contributed by atoms with Gasteiger partial charge in [-0.1, -0.05) is 59.6 Å². The minimum Gasteiger partial charge on any atom is -0.445 e. The number of hydrogen-bond acceptors (Lipinski definition) is 8. The Hall–Kier alpha value is -4.45. The molecule has 3 aromatic heterocycles. The van der Waals surface area contributed by atoms with Gasteiger partial charge in [-0.3, -0.25) is 9.69 Å². The fraction of sp³-hybridized carbons (Fsp3) is 0.194. The molecule has 10 nitrogen and oxygen atoms in total. The van der Waals surface area contributed by atoms with Gasteiger partial charge in [0.1, 0.15) is 17.3 Å². The fourth-order valence-corrected chi connectivity index (χ4v) is 6.93. The van der Waals surface area contributed by atoms with Crippen LogP contribution in [0, 0.1) is 0 Å². The second kappa shape index (κ2) is 11.6. The number of nitrogens with zero attached hydrogens (tertiary/aromatic N) is 5. The maximum absolute atomic E-state index is 13.5. The lowest BCUT2D eigenvalue weighted by Crippen LogP contribution is -2.31. The maximum atomic E-state index is 13.5. The van der Waals surface area contributed by atoms with Gasteiger partial charge in [0.15, 0.2) is 5.82 Å². The molecule has 0 saturated carbocycles. The number of aromatic amines is 1. The van der Waals surface area contributed by atoms with Crippen molar-refractivity contribution < 1.29 is 9.53 Å². The van der Waals surface area contributed by atoms with Gasteiger partial charge in [0, 0.05) is 19.0 Å². The highest BCUT2D eigenvalue weighted by Crippen LogP contribution is 2.37. The molecular weight excluding hydrogens is 621 g/mol. The highest BCUT2D eigenvalue weighted by atomic mass is 35.5. The number of fused-ring (bicyclic) bond motifs is 3. The molecular formula is C31H25Cl2N7O3S. The van der Waals surface area contributed by atoms with E-state index in [4.69, 9.17) is 37.9 Å². The number of H-pyrrole nitrogens is 1. The number of nitrogens with one attached hydrogen (secondary N) is 2. The molecule has 6 aromatic rings. The highest BCUT2D eigenvalue weighted by molar-refractivity contribution is 7.10. The quantitative estimate of drug-likeness (QED) is 0.193. The van der Waals surface area contributed by atoms with E-state index >= 15 is 0 Å². The number of likely N-dealkylation sites (tertiary alicyclic amines) is 1. The van der Waals surface area contributed by atoms with Crippen molar-refractivity contribution in [2.45, 2.75) is 25.5 Å². The van der Waals surface area contributed by atoms with E-state index in [9.17, 15) is 9.59 Å². The lowest BCUT2D eigenvalue weighted by molar-refractivity contribution is 0.0920. The van der Waals surface area contributed by atoms with Crippen molar-refractivity contribution in [3.63, 3.8) is 0 Å². The Morgan fingerprint density at radius 2 is 1.82 bits per heavy atom. The summed E-state index contributed by atoms with van der Waals surface area (Å²) in [5.41, 5.74) is 3.41. The summed E-state index contributed by atoms with van der Waals surface area (Å²) in [4.78, 5) is 45.3. The first kappa shape index (κ1) is 28.3. The third-order valence-corrected chi connectivity index (χ3v) is 9.22. The molecule has 0 bridgehead atoms. The first-order chi connectivity index (χ1) is 21.4. The van der Waals surface area contributed by atoms with Gasteiger partial charge < -0.3 is 19.6 Å². The average Bonchev–Trinajstić information content (AvgIpc) is 3.78. The van der Waals surface area contributed by atoms with E-state index < -0.39 is 0 Å². The number of halogens is 2. The molecule has 2 N–H and O–H groups in total. The van der Waals surface area contributed by atoms with Crippen molar-refractivity contribution in [2.75, 3.05) is 11.9 Å². The van der Waals surface area contributed by atoms with E-state index in [1.165, 1.54) is 11.3 Å². The third-order valence-electron chi connectivity index (χ3n) is 7.65. The molecule has 1 aliphatic rings. The number of anilines is 2. The Morgan fingerprint density at radius 3 is 2.61 bits per heavy atom. The Balaban J connectivity index is 1.16. The van der Waals surface area contributed by atoms with Crippen molar-refractivity contribution in [1.29, 1.82) is 0 Å². The van der Waals surface area contributed by atoms with Crippen LogP contribution in [0.2, 0.25) is 10.0 Å². The normalized spacial score (nSPS) is 14.9. The van der Waals surface area contributed by atoms with E-state index in [2.05, 4.69) is 15.3 Å². The molecule has 0 unspecified atom stereocenters. The van der Waals surface area contributed by atoms with E-state index in [-0.39, 0.29) is 24.3 Å². The van der Waals surface area contributed by atoms with E-state index in [0.717, 1.165) is 23.4 Å². The van der Waals surface area contributed by atoms with Crippen molar-refractivity contribution in [3.8, 4) is 11.5 Å². The maximum Gasteiger partial charge on any atom is 0.410 e. The van der Waals surface area contributed by atoms with Crippen molar-refractivity contribution in [2.24, 2.45) is 7.05 Å². The largest absolute Gasteiger partial charge is 0.445 e. The zero-order valence-corrected chi connectivity index (χ0v) is 25.7. The second-order valence-electron chi connectivity index (χ2n) is 10.4. The molecule has 1 aliphatic heterocycles. The number of benzene rings is 3. The molecule has 1 amide bonds. The van der Waals surface area contributed by atoms with Crippen LogP contribution in [0.15, 0.2) is 70.8 Å². The van der Waals surface area contributed by atoms with Gasteiger partial charge in [0.2, 0.25) is 5.95 Å². The molecule has 4 heterocycles. The third kappa shape index (κ3) is 5.17. The lowest BCUT2D eigenvalue weighted by atomic mass is 10.2. The molecule has 7 rings (SSSR count). The molecule has 1 atom stereocenters. The van der Waals surface area contributed by atoms with E-state index in [1.807, 2.05) is 41.8 Å². The number of hydrogen-bond donors (Lipinski definition) is 2. The standard InChI is InChI=1S/C31H25Cl2N7O3S/c1-39-26-21(36-30(39)37-25-18(32)9-5-10-19(25)33)13-12-20-24(26)28(41)38-27(34-20)22-16-44-29(35-22)23-11-6-14-40(23)31(42)43-15-17-7-3-2-4-8-17/h2-5,7-10,12-13,16,23H,6,11,14-15H2,1H3,(H,36,37)(H,34,38,41)/t23-/m1/s1. The van der Waals surface area contributed by atoms with Crippen LogP contribution in [0.5, 0.6) is 0 Å². The number of amides is 1. The molecule has 44 heavy (non-hydrogen) atoms. The molecule has 13 heteroatoms. The summed E-state index contributed by atoms with van der Waals surface area (Å²) in [5.74, 6) is 0.822. The predicted molar refractivity (Wildman–Crippen MR) is 173 cm³/mol. The molecule has 0 radical (unpaired) electrons. The zero-order valence-electron chi connectivity index (χ0n) is 23.4. The molecule has 3 aromatic carbocycles. The van der Waals surface area contributed by atoms with Crippen molar-refractivity contribution >= 4 is 74.2 Å². The summed E-state index contributed by atoms with van der Waals surface area (Å²) in [5, 5.41) is 7.11. The van der Waals surface area contributed by atoms with E-state index in [0.29, 0.717) is 61.7 Å². The van der Waals surface area contributed by atoms with Crippen molar-refractivity contribution in [3.05, 3.63) is 97.0 Å². The van der Waals surface area contributed by atoms with Gasteiger partial charge in [-0.05, 0) is 42.7 Å². The average molecular weight is 647 g/mol. The summed E-state index contributed by atoms with van der Waals surface area (Å²) in [7, 11) is 1.81. The number of imidazole rings is 1. The Bertz CT molecular complexity index is 2070. The van der Waals surface area contributed by atoms with Crippen LogP contribution >= 0.6 is 34.5 Å². The molecule has 0 spiro atoms. The molecule has 1 saturated heterocycles.